The van der Waals surface area contributed by atoms with Crippen molar-refractivity contribution in [1.82, 2.24) is 10.4 Å². The molecule has 4 nitrogen and oxygen atoms in total. The van der Waals surface area contributed by atoms with Crippen LogP contribution in [0, 0.1) is 0 Å². The van der Waals surface area contributed by atoms with Crippen molar-refractivity contribution in [3.05, 3.63) is 84.1 Å². The third-order valence-electron chi connectivity index (χ3n) is 4.13. The lowest BCUT2D eigenvalue weighted by molar-refractivity contribution is -0.116. The van der Waals surface area contributed by atoms with Crippen LogP contribution in [0.2, 0.25) is 0 Å². The molecule has 24 heavy (non-hydrogen) atoms. The van der Waals surface area contributed by atoms with Gasteiger partial charge in [0.2, 0.25) is 0 Å². The summed E-state index contributed by atoms with van der Waals surface area (Å²) in [7, 11) is 0. The van der Waals surface area contributed by atoms with Crippen molar-refractivity contribution >= 4 is 11.7 Å². The quantitative estimate of drug-likeness (QED) is 0.921. The normalized spacial score (nSPS) is 16.9. The van der Waals surface area contributed by atoms with Crippen LogP contribution < -0.4 is 5.43 Å². The summed E-state index contributed by atoms with van der Waals surface area (Å²) in [6.45, 7) is 0. The molecule has 0 bridgehead atoms. The van der Waals surface area contributed by atoms with E-state index in [9.17, 15) is 9.59 Å². The molecule has 1 amide bonds. The third kappa shape index (κ3) is 4.10. The molecular weight excluding hydrogens is 300 g/mol. The third-order valence-corrected chi connectivity index (χ3v) is 4.13. The summed E-state index contributed by atoms with van der Waals surface area (Å²) in [6, 6.07) is 19.2. The molecule has 0 aliphatic carbocycles. The first kappa shape index (κ1) is 16.0. The molecule has 0 aromatic heterocycles. The lowest BCUT2D eigenvalue weighted by Gasteiger charge is -2.32. The van der Waals surface area contributed by atoms with Gasteiger partial charge in [-0.2, -0.15) is 0 Å². The summed E-state index contributed by atoms with van der Waals surface area (Å²) in [4.78, 5) is 24.1. The van der Waals surface area contributed by atoms with Gasteiger partial charge in [0.15, 0.2) is 5.78 Å². The SMILES string of the molecule is O=C1C=CN(NC(=O)c2ccccc2)[C@@H](CCc2ccccc2)C1. The first-order chi connectivity index (χ1) is 11.7. The standard InChI is InChI=1S/C20H20N2O2/c23-19-13-14-22(21-20(24)17-9-5-2-6-10-17)18(15-19)12-11-16-7-3-1-4-8-16/h1-10,13-14,18H,11-12,15H2,(H,21,24)/t18-/m0/s1. The largest absolute Gasteiger partial charge is 0.295 e. The van der Waals surface area contributed by atoms with E-state index in [1.807, 2.05) is 36.4 Å². The van der Waals surface area contributed by atoms with Gasteiger partial charge in [0.05, 0.1) is 6.04 Å². The molecule has 1 aliphatic heterocycles. The van der Waals surface area contributed by atoms with Gasteiger partial charge in [-0.05, 0) is 36.6 Å². The Hall–Kier alpha value is -2.88. The Balaban J connectivity index is 1.66. The molecule has 4 heteroatoms. The Morgan fingerprint density at radius 1 is 1.04 bits per heavy atom. The summed E-state index contributed by atoms with van der Waals surface area (Å²) in [5.41, 5.74) is 4.73. The number of nitrogens with zero attached hydrogens (tertiary/aromatic N) is 1. The van der Waals surface area contributed by atoms with Crippen LogP contribution in [-0.2, 0) is 11.2 Å². The highest BCUT2D eigenvalue weighted by Gasteiger charge is 2.24. The molecule has 0 unspecified atom stereocenters. The fourth-order valence-electron chi connectivity index (χ4n) is 2.80. The van der Waals surface area contributed by atoms with Crippen LogP contribution in [-0.4, -0.2) is 22.7 Å². The highest BCUT2D eigenvalue weighted by Crippen LogP contribution is 2.17. The number of rotatable bonds is 5. The molecule has 1 aliphatic rings. The first-order valence-electron chi connectivity index (χ1n) is 8.12. The average molecular weight is 320 g/mol. The van der Waals surface area contributed by atoms with E-state index < -0.39 is 0 Å². The predicted molar refractivity (Wildman–Crippen MR) is 93.1 cm³/mol. The zero-order valence-corrected chi connectivity index (χ0v) is 13.4. The van der Waals surface area contributed by atoms with Crippen LogP contribution >= 0.6 is 0 Å². The fourth-order valence-corrected chi connectivity index (χ4v) is 2.80. The molecule has 0 fully saturated rings. The molecule has 0 saturated heterocycles. The van der Waals surface area contributed by atoms with E-state index >= 15 is 0 Å². The van der Waals surface area contributed by atoms with Crippen LogP contribution in [0.5, 0.6) is 0 Å². The van der Waals surface area contributed by atoms with Crippen molar-refractivity contribution in [1.29, 1.82) is 0 Å². The maximum Gasteiger partial charge on any atom is 0.269 e. The van der Waals surface area contributed by atoms with Gasteiger partial charge in [-0.1, -0.05) is 48.5 Å². The smallest absolute Gasteiger partial charge is 0.269 e. The second-order valence-electron chi connectivity index (χ2n) is 5.88. The number of aryl methyl sites for hydroxylation is 1. The van der Waals surface area contributed by atoms with Crippen molar-refractivity contribution in [2.75, 3.05) is 0 Å². The van der Waals surface area contributed by atoms with Crippen LogP contribution in [0.4, 0.5) is 0 Å². The summed E-state index contributed by atoms with van der Waals surface area (Å²) in [5, 5.41) is 1.76. The van der Waals surface area contributed by atoms with Crippen molar-refractivity contribution in [2.45, 2.75) is 25.3 Å². The number of benzene rings is 2. The Bertz CT molecular complexity index is 726. The molecule has 122 valence electrons. The Morgan fingerprint density at radius 2 is 1.71 bits per heavy atom. The van der Waals surface area contributed by atoms with Crippen molar-refractivity contribution in [3.8, 4) is 0 Å². The second-order valence-corrected chi connectivity index (χ2v) is 5.88. The van der Waals surface area contributed by atoms with Crippen LogP contribution in [0.15, 0.2) is 72.9 Å². The van der Waals surface area contributed by atoms with Gasteiger partial charge < -0.3 is 0 Å². The van der Waals surface area contributed by atoms with E-state index in [1.54, 1.807) is 23.3 Å². The van der Waals surface area contributed by atoms with Crippen LogP contribution in [0.1, 0.15) is 28.8 Å². The number of hydrogen-bond acceptors (Lipinski definition) is 3. The van der Waals surface area contributed by atoms with Crippen LogP contribution in [0.3, 0.4) is 0 Å². The minimum absolute atomic E-state index is 0.0321. The maximum atomic E-state index is 12.3. The number of carbonyl (C=O) groups excluding carboxylic acids is 2. The Labute approximate surface area is 141 Å². The topological polar surface area (TPSA) is 49.4 Å². The van der Waals surface area contributed by atoms with Gasteiger partial charge >= 0.3 is 0 Å². The zero-order chi connectivity index (χ0) is 16.8. The molecule has 3 rings (SSSR count). The summed E-state index contributed by atoms with van der Waals surface area (Å²) < 4.78 is 0. The van der Waals surface area contributed by atoms with Crippen LogP contribution in [0.25, 0.3) is 0 Å². The summed E-state index contributed by atoms with van der Waals surface area (Å²) >= 11 is 0. The summed E-state index contributed by atoms with van der Waals surface area (Å²) in [6.07, 6.45) is 5.27. The van der Waals surface area contributed by atoms with E-state index in [0.717, 1.165) is 12.8 Å². The summed E-state index contributed by atoms with van der Waals surface area (Å²) in [5.74, 6) is -0.0717. The minimum Gasteiger partial charge on any atom is -0.295 e. The minimum atomic E-state index is -0.167. The Kier molecular flexibility index (Phi) is 5.06. The lowest BCUT2D eigenvalue weighted by atomic mass is 9.99. The van der Waals surface area contributed by atoms with Gasteiger partial charge in [-0.3, -0.25) is 20.0 Å². The number of ketones is 1. The molecular formula is C20H20N2O2. The Morgan fingerprint density at radius 3 is 2.42 bits per heavy atom. The fraction of sp³-hybridized carbons (Fsp3) is 0.200. The predicted octanol–water partition coefficient (Wildman–Crippen LogP) is 3.12. The van der Waals surface area contributed by atoms with E-state index in [1.165, 1.54) is 11.6 Å². The first-order valence-corrected chi connectivity index (χ1v) is 8.12. The van der Waals surface area contributed by atoms with Crippen molar-refractivity contribution in [2.24, 2.45) is 0 Å². The molecule has 2 aromatic carbocycles. The monoisotopic (exact) mass is 320 g/mol. The molecule has 1 N–H and O–H groups in total. The van der Waals surface area contributed by atoms with E-state index in [4.69, 9.17) is 0 Å². The lowest BCUT2D eigenvalue weighted by Crippen LogP contribution is -2.47. The molecule has 0 saturated carbocycles. The van der Waals surface area contributed by atoms with Crippen molar-refractivity contribution < 1.29 is 9.59 Å². The number of nitrogens with one attached hydrogen (secondary N) is 1. The second kappa shape index (κ2) is 7.59. The molecule has 0 radical (unpaired) electrons. The number of hydrogen-bond donors (Lipinski definition) is 1. The van der Waals surface area contributed by atoms with E-state index in [2.05, 4.69) is 17.6 Å². The zero-order valence-electron chi connectivity index (χ0n) is 13.4. The number of amides is 1. The van der Waals surface area contributed by atoms with E-state index in [0.29, 0.717) is 12.0 Å². The number of hydrazine groups is 1. The number of carbonyl (C=O) groups is 2. The molecule has 0 spiro atoms. The van der Waals surface area contributed by atoms with Gasteiger partial charge in [0, 0.05) is 18.2 Å². The van der Waals surface area contributed by atoms with Gasteiger partial charge in [0.25, 0.3) is 5.91 Å². The molecule has 2 aromatic rings. The number of allylic oxidation sites excluding steroid dienone is 1. The highest BCUT2D eigenvalue weighted by molar-refractivity contribution is 5.94. The highest BCUT2D eigenvalue weighted by atomic mass is 16.2. The van der Waals surface area contributed by atoms with Crippen molar-refractivity contribution in [3.63, 3.8) is 0 Å². The van der Waals surface area contributed by atoms with Gasteiger partial charge in [-0.15, -0.1) is 0 Å². The van der Waals surface area contributed by atoms with Gasteiger partial charge in [-0.25, -0.2) is 0 Å². The molecule has 1 heterocycles. The average Bonchev–Trinajstić information content (AvgIpc) is 2.63. The molecule has 1 atom stereocenters. The van der Waals surface area contributed by atoms with E-state index in [-0.39, 0.29) is 17.7 Å². The maximum absolute atomic E-state index is 12.3. The van der Waals surface area contributed by atoms with Gasteiger partial charge in [0.1, 0.15) is 0 Å².